The summed E-state index contributed by atoms with van der Waals surface area (Å²) in [5, 5.41) is 13.4. The molecule has 1 aliphatic rings. The van der Waals surface area contributed by atoms with Crippen molar-refractivity contribution in [1.82, 2.24) is 29.9 Å². The van der Waals surface area contributed by atoms with E-state index < -0.39 is 29.2 Å². The monoisotopic (exact) mass is 457 g/mol. The zero-order valence-electron chi connectivity index (χ0n) is 17.2. The predicted octanol–water partition coefficient (Wildman–Crippen LogP) is 4.50. The van der Waals surface area contributed by atoms with Crippen LogP contribution in [0.2, 0.25) is 0 Å². The van der Waals surface area contributed by atoms with Crippen molar-refractivity contribution in [3.8, 4) is 22.8 Å². The first-order valence-corrected chi connectivity index (χ1v) is 10.4. The zero-order valence-corrected chi connectivity index (χ0v) is 17.2. The van der Waals surface area contributed by atoms with E-state index in [1.54, 1.807) is 17.1 Å². The Bertz CT molecular complexity index is 1290. The Balaban J connectivity index is 1.49. The molecule has 1 amide bonds. The minimum atomic E-state index is -1.46. The van der Waals surface area contributed by atoms with Crippen molar-refractivity contribution in [2.24, 2.45) is 0 Å². The third-order valence-electron chi connectivity index (χ3n) is 5.52. The van der Waals surface area contributed by atoms with Crippen LogP contribution in [0.25, 0.3) is 22.8 Å². The number of H-pyrrole nitrogens is 1. The number of oxazole rings is 1. The molecule has 4 aromatic rings. The molecule has 12 heteroatoms. The smallest absolute Gasteiger partial charge is 0.277 e. The summed E-state index contributed by atoms with van der Waals surface area (Å²) < 4.78 is 48.7. The maximum atomic E-state index is 14.5. The van der Waals surface area contributed by atoms with E-state index in [4.69, 9.17) is 4.42 Å². The molecule has 5 rings (SSSR count). The highest BCUT2D eigenvalue weighted by Crippen LogP contribution is 2.34. The maximum absolute atomic E-state index is 14.5. The van der Waals surface area contributed by atoms with Gasteiger partial charge in [-0.1, -0.05) is 19.3 Å². The van der Waals surface area contributed by atoms with Gasteiger partial charge in [0.2, 0.25) is 11.8 Å². The summed E-state index contributed by atoms with van der Waals surface area (Å²) in [6.07, 6.45) is 10.6. The van der Waals surface area contributed by atoms with Crippen molar-refractivity contribution < 1.29 is 22.4 Å². The SMILES string of the molecule is O=C(Nc1cn(C2CCCCC2)nc1-c1nc(F)c(F)cc1F)c1coc(-c2cn[nH]c2)n1. The van der Waals surface area contributed by atoms with Crippen LogP contribution in [-0.4, -0.2) is 35.9 Å². The van der Waals surface area contributed by atoms with Gasteiger partial charge in [0.15, 0.2) is 17.3 Å². The van der Waals surface area contributed by atoms with Crippen molar-refractivity contribution in [3.05, 3.63) is 54.2 Å². The van der Waals surface area contributed by atoms with Crippen LogP contribution >= 0.6 is 0 Å². The van der Waals surface area contributed by atoms with Gasteiger partial charge in [-0.2, -0.15) is 14.6 Å². The number of nitrogens with one attached hydrogen (secondary N) is 2. The number of anilines is 1. The Morgan fingerprint density at radius 1 is 1.12 bits per heavy atom. The number of halogens is 3. The number of carbonyl (C=O) groups excluding carboxylic acids is 1. The van der Waals surface area contributed by atoms with E-state index in [-0.39, 0.29) is 29.0 Å². The molecule has 0 unspecified atom stereocenters. The van der Waals surface area contributed by atoms with Crippen LogP contribution in [-0.2, 0) is 0 Å². The second-order valence-electron chi connectivity index (χ2n) is 7.73. The third kappa shape index (κ3) is 4.11. The van der Waals surface area contributed by atoms with Gasteiger partial charge in [-0.15, -0.1) is 0 Å². The van der Waals surface area contributed by atoms with Gasteiger partial charge in [0.05, 0.1) is 23.5 Å². The largest absolute Gasteiger partial charge is 0.444 e. The molecule has 170 valence electrons. The van der Waals surface area contributed by atoms with Crippen LogP contribution in [0.4, 0.5) is 18.9 Å². The van der Waals surface area contributed by atoms with Crippen molar-refractivity contribution in [2.45, 2.75) is 38.1 Å². The summed E-state index contributed by atoms with van der Waals surface area (Å²) in [5.41, 5.74) is -0.00748. The molecule has 1 aliphatic carbocycles. The summed E-state index contributed by atoms with van der Waals surface area (Å²) in [6, 6.07) is 0.439. The predicted molar refractivity (Wildman–Crippen MR) is 109 cm³/mol. The average Bonchev–Trinajstić information content (AvgIpc) is 3.57. The van der Waals surface area contributed by atoms with Crippen LogP contribution in [0.1, 0.15) is 48.6 Å². The second kappa shape index (κ2) is 8.52. The minimum Gasteiger partial charge on any atom is -0.444 e. The topological polar surface area (TPSA) is 115 Å². The summed E-state index contributed by atoms with van der Waals surface area (Å²) in [5.74, 6) is -4.44. The fourth-order valence-corrected chi connectivity index (χ4v) is 3.87. The van der Waals surface area contributed by atoms with Crippen molar-refractivity contribution in [2.75, 3.05) is 5.32 Å². The molecule has 33 heavy (non-hydrogen) atoms. The Morgan fingerprint density at radius 2 is 1.94 bits per heavy atom. The van der Waals surface area contributed by atoms with Crippen molar-refractivity contribution in [1.29, 1.82) is 0 Å². The number of hydrogen-bond acceptors (Lipinski definition) is 6. The Hall–Kier alpha value is -3.96. The van der Waals surface area contributed by atoms with Gasteiger partial charge in [0.25, 0.3) is 5.91 Å². The molecule has 4 heterocycles. The lowest BCUT2D eigenvalue weighted by atomic mass is 9.96. The van der Waals surface area contributed by atoms with E-state index in [1.807, 2.05) is 0 Å². The summed E-state index contributed by atoms with van der Waals surface area (Å²) in [4.78, 5) is 20.3. The number of aromatic nitrogens is 6. The summed E-state index contributed by atoms with van der Waals surface area (Å²) in [7, 11) is 0. The van der Waals surface area contributed by atoms with Crippen LogP contribution < -0.4 is 5.32 Å². The average molecular weight is 457 g/mol. The number of rotatable bonds is 5. The van der Waals surface area contributed by atoms with Gasteiger partial charge in [-0.05, 0) is 12.8 Å². The molecular formula is C21H18F3N7O2. The normalized spacial score (nSPS) is 14.5. The fraction of sp³-hybridized carbons (Fsp3) is 0.286. The molecule has 0 aromatic carbocycles. The van der Waals surface area contributed by atoms with Gasteiger partial charge in [-0.3, -0.25) is 14.6 Å². The Morgan fingerprint density at radius 3 is 2.70 bits per heavy atom. The fourth-order valence-electron chi connectivity index (χ4n) is 3.87. The number of carbonyl (C=O) groups is 1. The van der Waals surface area contributed by atoms with Crippen molar-refractivity contribution >= 4 is 11.6 Å². The van der Waals surface area contributed by atoms with Crippen LogP contribution in [0.3, 0.4) is 0 Å². The number of amides is 1. The van der Waals surface area contributed by atoms with Crippen LogP contribution in [0, 0.1) is 17.6 Å². The number of nitrogens with zero attached hydrogens (tertiary/aromatic N) is 5. The van der Waals surface area contributed by atoms with Gasteiger partial charge < -0.3 is 9.73 Å². The quantitative estimate of drug-likeness (QED) is 0.427. The Labute approximate surface area is 185 Å². The first-order valence-electron chi connectivity index (χ1n) is 10.4. The lowest BCUT2D eigenvalue weighted by Gasteiger charge is -2.21. The van der Waals surface area contributed by atoms with Crippen LogP contribution in [0.5, 0.6) is 0 Å². The second-order valence-corrected chi connectivity index (χ2v) is 7.73. The molecule has 9 nitrogen and oxygen atoms in total. The molecule has 0 radical (unpaired) electrons. The number of hydrogen-bond donors (Lipinski definition) is 2. The van der Waals surface area contributed by atoms with E-state index in [0.29, 0.717) is 11.6 Å². The third-order valence-corrected chi connectivity index (χ3v) is 5.52. The maximum Gasteiger partial charge on any atom is 0.277 e. The molecule has 0 saturated heterocycles. The molecule has 4 aromatic heterocycles. The first-order chi connectivity index (χ1) is 16.0. The zero-order chi connectivity index (χ0) is 22.9. The molecule has 2 N–H and O–H groups in total. The summed E-state index contributed by atoms with van der Waals surface area (Å²) >= 11 is 0. The summed E-state index contributed by atoms with van der Waals surface area (Å²) in [6.45, 7) is 0. The number of pyridine rings is 1. The Kier molecular flexibility index (Phi) is 5.40. The standard InChI is InChI=1S/C21H18F3N7O2/c22-13-6-14(23)19(24)29-17(13)18-15(9-31(30-18)12-4-2-1-3-5-12)27-20(32)16-10-33-21(28-16)11-7-25-26-8-11/h6-10,12H,1-5H2,(H,25,26)(H,27,32). The highest BCUT2D eigenvalue weighted by molar-refractivity contribution is 6.04. The molecular weight excluding hydrogens is 439 g/mol. The lowest BCUT2D eigenvalue weighted by Crippen LogP contribution is -2.14. The van der Waals surface area contributed by atoms with Gasteiger partial charge in [-0.25, -0.2) is 18.7 Å². The molecule has 0 atom stereocenters. The van der Waals surface area contributed by atoms with E-state index in [0.717, 1.165) is 32.1 Å². The lowest BCUT2D eigenvalue weighted by molar-refractivity contribution is 0.102. The highest BCUT2D eigenvalue weighted by atomic mass is 19.2. The minimum absolute atomic E-state index is 0.0382. The molecule has 0 bridgehead atoms. The highest BCUT2D eigenvalue weighted by Gasteiger charge is 2.25. The van der Waals surface area contributed by atoms with Gasteiger partial charge in [0, 0.05) is 18.5 Å². The van der Waals surface area contributed by atoms with Gasteiger partial charge >= 0.3 is 0 Å². The van der Waals surface area contributed by atoms with E-state index in [2.05, 4.69) is 30.6 Å². The van der Waals surface area contributed by atoms with E-state index in [9.17, 15) is 18.0 Å². The number of aromatic amines is 1. The van der Waals surface area contributed by atoms with Crippen molar-refractivity contribution in [3.63, 3.8) is 0 Å². The van der Waals surface area contributed by atoms with E-state index in [1.165, 1.54) is 12.5 Å². The molecule has 0 spiro atoms. The van der Waals surface area contributed by atoms with Crippen LogP contribution in [0.15, 0.2) is 35.3 Å². The molecule has 1 fully saturated rings. The first kappa shape index (κ1) is 20.9. The van der Waals surface area contributed by atoms with Gasteiger partial charge in [0.1, 0.15) is 17.7 Å². The molecule has 1 saturated carbocycles. The molecule has 0 aliphatic heterocycles. The van der Waals surface area contributed by atoms with E-state index >= 15 is 0 Å².